The second kappa shape index (κ2) is 4.69. The van der Waals surface area contributed by atoms with E-state index in [9.17, 15) is 4.79 Å². The molecule has 0 saturated heterocycles. The molecule has 0 saturated carbocycles. The lowest BCUT2D eigenvalue weighted by Gasteiger charge is -2.02. The first kappa shape index (κ1) is 11.2. The molecule has 2 aromatic carbocycles. The van der Waals surface area contributed by atoms with Gasteiger partial charge >= 0.3 is 0 Å². The molecule has 0 fully saturated rings. The van der Waals surface area contributed by atoms with E-state index in [1.54, 1.807) is 30.3 Å². The summed E-state index contributed by atoms with van der Waals surface area (Å²) >= 11 is 11.7. The summed E-state index contributed by atoms with van der Waals surface area (Å²) < 4.78 is 0. The van der Waals surface area contributed by atoms with Crippen molar-refractivity contribution < 1.29 is 4.79 Å². The topological polar surface area (TPSA) is 17.1 Å². The molecule has 0 aliphatic heterocycles. The number of ketones is 1. The smallest absolute Gasteiger partial charge is 0.193 e. The highest BCUT2D eigenvalue weighted by Gasteiger charge is 2.09. The maximum Gasteiger partial charge on any atom is 0.193 e. The van der Waals surface area contributed by atoms with E-state index in [-0.39, 0.29) is 5.78 Å². The molecule has 0 aliphatic carbocycles. The molecule has 0 unspecified atom stereocenters. The molecular weight excluding hydrogens is 243 g/mol. The number of carbonyl (C=O) groups is 1. The molecule has 2 aromatic rings. The average Bonchev–Trinajstić information content (AvgIpc) is 2.28. The van der Waals surface area contributed by atoms with Crippen molar-refractivity contribution in [2.24, 2.45) is 0 Å². The van der Waals surface area contributed by atoms with Gasteiger partial charge in [0.2, 0.25) is 0 Å². The van der Waals surface area contributed by atoms with E-state index >= 15 is 0 Å². The number of halogens is 2. The third kappa shape index (κ3) is 2.43. The molecule has 0 aromatic heterocycles. The molecule has 0 bridgehead atoms. The third-order valence-corrected chi connectivity index (χ3v) is 2.60. The van der Waals surface area contributed by atoms with Crippen LogP contribution in [0.2, 0.25) is 10.0 Å². The second-order valence-electron chi connectivity index (χ2n) is 3.35. The molecule has 0 aliphatic rings. The van der Waals surface area contributed by atoms with E-state index in [0.29, 0.717) is 21.2 Å². The van der Waals surface area contributed by atoms with Crippen molar-refractivity contribution in [3.05, 3.63) is 69.7 Å². The Balaban J connectivity index is 2.42. The Bertz CT molecular complexity index is 500. The molecule has 3 heteroatoms. The molecule has 80 valence electrons. The first-order chi connectivity index (χ1) is 7.66. The van der Waals surface area contributed by atoms with Gasteiger partial charge in [-0.1, -0.05) is 53.5 Å². The Labute approximate surface area is 104 Å². The van der Waals surface area contributed by atoms with Crippen LogP contribution in [0, 0.1) is 0 Å². The Kier molecular flexibility index (Phi) is 3.28. The van der Waals surface area contributed by atoms with Gasteiger partial charge in [0.25, 0.3) is 0 Å². The molecule has 0 radical (unpaired) electrons. The van der Waals surface area contributed by atoms with Crippen molar-refractivity contribution in [3.8, 4) is 0 Å². The van der Waals surface area contributed by atoms with Crippen molar-refractivity contribution in [1.82, 2.24) is 0 Å². The van der Waals surface area contributed by atoms with Crippen LogP contribution in [-0.2, 0) is 0 Å². The van der Waals surface area contributed by atoms with Gasteiger partial charge in [-0.3, -0.25) is 4.79 Å². The minimum absolute atomic E-state index is 0.0787. The molecule has 0 atom stereocenters. The van der Waals surface area contributed by atoms with Gasteiger partial charge in [-0.15, -0.1) is 0 Å². The van der Waals surface area contributed by atoms with E-state index in [2.05, 4.69) is 0 Å². The van der Waals surface area contributed by atoms with Gasteiger partial charge in [-0.25, -0.2) is 0 Å². The van der Waals surface area contributed by atoms with Crippen LogP contribution < -0.4 is 0 Å². The van der Waals surface area contributed by atoms with Crippen molar-refractivity contribution >= 4 is 29.0 Å². The van der Waals surface area contributed by atoms with Crippen LogP contribution in [0.25, 0.3) is 0 Å². The summed E-state index contributed by atoms with van der Waals surface area (Å²) in [5, 5.41) is 0.929. The van der Waals surface area contributed by atoms with E-state index in [0.717, 1.165) is 0 Å². The SMILES string of the molecule is O=C(c1ccccc1)c1cc(Cl)cc(Cl)c1. The van der Waals surface area contributed by atoms with Crippen LogP contribution in [0.5, 0.6) is 0 Å². The van der Waals surface area contributed by atoms with Crippen molar-refractivity contribution in [2.45, 2.75) is 0 Å². The molecular formula is C13H8Cl2O. The van der Waals surface area contributed by atoms with Crippen LogP contribution in [0.4, 0.5) is 0 Å². The zero-order valence-corrected chi connectivity index (χ0v) is 9.79. The highest BCUT2D eigenvalue weighted by Crippen LogP contribution is 2.21. The van der Waals surface area contributed by atoms with E-state index < -0.39 is 0 Å². The summed E-state index contributed by atoms with van der Waals surface area (Å²) in [4.78, 5) is 12.0. The predicted molar refractivity (Wildman–Crippen MR) is 66.3 cm³/mol. The highest BCUT2D eigenvalue weighted by atomic mass is 35.5. The van der Waals surface area contributed by atoms with Gasteiger partial charge in [0, 0.05) is 21.2 Å². The summed E-state index contributed by atoms with van der Waals surface area (Å²) in [5.74, 6) is -0.0787. The zero-order valence-electron chi connectivity index (χ0n) is 8.28. The fourth-order valence-electron chi connectivity index (χ4n) is 1.44. The summed E-state index contributed by atoms with van der Waals surface area (Å²) in [5.41, 5.74) is 1.13. The maximum atomic E-state index is 12.0. The molecule has 1 nitrogen and oxygen atoms in total. The second-order valence-corrected chi connectivity index (χ2v) is 4.23. The van der Waals surface area contributed by atoms with E-state index in [1.165, 1.54) is 0 Å². The Morgan fingerprint density at radius 3 is 1.94 bits per heavy atom. The number of hydrogen-bond donors (Lipinski definition) is 0. The predicted octanol–water partition coefficient (Wildman–Crippen LogP) is 4.22. The zero-order chi connectivity index (χ0) is 11.5. The van der Waals surface area contributed by atoms with Gasteiger partial charge in [-0.05, 0) is 18.2 Å². The van der Waals surface area contributed by atoms with Crippen molar-refractivity contribution in [2.75, 3.05) is 0 Å². The van der Waals surface area contributed by atoms with Gasteiger partial charge < -0.3 is 0 Å². The maximum absolute atomic E-state index is 12.0. The molecule has 0 heterocycles. The first-order valence-corrected chi connectivity index (χ1v) is 5.48. The Hall–Kier alpha value is -1.31. The lowest BCUT2D eigenvalue weighted by molar-refractivity contribution is 0.103. The highest BCUT2D eigenvalue weighted by molar-refractivity contribution is 6.35. The van der Waals surface area contributed by atoms with E-state index in [4.69, 9.17) is 23.2 Å². The van der Waals surface area contributed by atoms with Crippen LogP contribution >= 0.6 is 23.2 Å². The molecule has 2 rings (SSSR count). The minimum atomic E-state index is -0.0787. The number of rotatable bonds is 2. The molecule has 0 spiro atoms. The number of hydrogen-bond acceptors (Lipinski definition) is 1. The van der Waals surface area contributed by atoms with E-state index in [1.807, 2.05) is 18.2 Å². The van der Waals surface area contributed by atoms with Gasteiger partial charge in [0.15, 0.2) is 5.78 Å². The standard InChI is InChI=1S/C13H8Cl2O/c14-11-6-10(7-12(15)8-11)13(16)9-4-2-1-3-5-9/h1-8H. The fraction of sp³-hybridized carbons (Fsp3) is 0. The lowest BCUT2D eigenvalue weighted by atomic mass is 10.0. The number of carbonyl (C=O) groups excluding carboxylic acids is 1. The Morgan fingerprint density at radius 2 is 1.38 bits per heavy atom. The van der Waals surface area contributed by atoms with Gasteiger partial charge in [-0.2, -0.15) is 0 Å². The first-order valence-electron chi connectivity index (χ1n) is 4.72. The van der Waals surface area contributed by atoms with Crippen LogP contribution in [0.15, 0.2) is 48.5 Å². The summed E-state index contributed by atoms with van der Waals surface area (Å²) in [7, 11) is 0. The largest absolute Gasteiger partial charge is 0.289 e. The number of benzene rings is 2. The third-order valence-electron chi connectivity index (χ3n) is 2.16. The summed E-state index contributed by atoms with van der Waals surface area (Å²) in [6.07, 6.45) is 0. The van der Waals surface area contributed by atoms with Gasteiger partial charge in [0.1, 0.15) is 0 Å². The summed E-state index contributed by atoms with van der Waals surface area (Å²) in [6, 6.07) is 13.9. The van der Waals surface area contributed by atoms with Crippen LogP contribution in [0.1, 0.15) is 15.9 Å². The molecule has 16 heavy (non-hydrogen) atoms. The van der Waals surface area contributed by atoms with Gasteiger partial charge in [0.05, 0.1) is 0 Å². The molecule has 0 amide bonds. The quantitative estimate of drug-likeness (QED) is 0.730. The van der Waals surface area contributed by atoms with Crippen LogP contribution in [0.3, 0.4) is 0 Å². The minimum Gasteiger partial charge on any atom is -0.289 e. The monoisotopic (exact) mass is 250 g/mol. The lowest BCUT2D eigenvalue weighted by Crippen LogP contribution is -2.00. The fourth-order valence-corrected chi connectivity index (χ4v) is 1.97. The van der Waals surface area contributed by atoms with Crippen molar-refractivity contribution in [3.63, 3.8) is 0 Å². The summed E-state index contributed by atoms with van der Waals surface area (Å²) in [6.45, 7) is 0. The van der Waals surface area contributed by atoms with Crippen LogP contribution in [-0.4, -0.2) is 5.78 Å². The average molecular weight is 251 g/mol. The normalized spacial score (nSPS) is 10.1. The Morgan fingerprint density at radius 1 is 0.812 bits per heavy atom. The van der Waals surface area contributed by atoms with Crippen molar-refractivity contribution in [1.29, 1.82) is 0 Å². The molecule has 0 N–H and O–H groups in total.